The van der Waals surface area contributed by atoms with Crippen molar-refractivity contribution in [1.29, 1.82) is 5.26 Å². The van der Waals surface area contributed by atoms with Gasteiger partial charge in [-0.3, -0.25) is 0 Å². The van der Waals surface area contributed by atoms with E-state index in [0.29, 0.717) is 16.6 Å². The van der Waals surface area contributed by atoms with E-state index in [1.807, 2.05) is 24.7 Å². The molecule has 1 unspecified atom stereocenters. The van der Waals surface area contributed by atoms with Crippen LogP contribution in [0.1, 0.15) is 29.3 Å². The fraction of sp³-hybridized carbons (Fsp3) is 0.231. The number of aryl methyl sites for hydroxylation is 1. The summed E-state index contributed by atoms with van der Waals surface area (Å²) in [5, 5.41) is 9.38. The van der Waals surface area contributed by atoms with Crippen LogP contribution in [0, 0.1) is 11.3 Å². The molecule has 2 heterocycles. The summed E-state index contributed by atoms with van der Waals surface area (Å²) in [5.74, 6) is 0. The van der Waals surface area contributed by atoms with Crippen LogP contribution in [0.4, 0.5) is 0 Å². The van der Waals surface area contributed by atoms with Crippen LogP contribution in [0.15, 0.2) is 30.7 Å². The van der Waals surface area contributed by atoms with Crippen molar-refractivity contribution >= 4 is 11.6 Å². The van der Waals surface area contributed by atoms with Gasteiger partial charge in [0.15, 0.2) is 0 Å². The second kappa shape index (κ2) is 3.90. The zero-order valence-corrected chi connectivity index (χ0v) is 9.85. The lowest BCUT2D eigenvalue weighted by atomic mass is 10.0. The average molecular weight is 244 g/mol. The normalized spacial score (nSPS) is 17.8. The summed E-state index contributed by atoms with van der Waals surface area (Å²) in [5.41, 5.74) is 2.93. The quantitative estimate of drug-likeness (QED) is 0.773. The Bertz CT molecular complexity index is 609. The second-order valence-electron chi connectivity index (χ2n) is 4.20. The molecule has 17 heavy (non-hydrogen) atoms. The first-order valence-corrected chi connectivity index (χ1v) is 5.87. The Hall–Kier alpha value is -1.79. The number of nitrogens with zero attached hydrogens (tertiary/aromatic N) is 3. The molecule has 1 aromatic heterocycles. The van der Waals surface area contributed by atoms with Gasteiger partial charge in [-0.1, -0.05) is 17.7 Å². The van der Waals surface area contributed by atoms with E-state index in [1.165, 1.54) is 5.69 Å². The summed E-state index contributed by atoms with van der Waals surface area (Å²) in [6, 6.07) is 8.03. The average Bonchev–Trinajstić information content (AvgIpc) is 2.90. The molecule has 3 nitrogen and oxygen atoms in total. The van der Waals surface area contributed by atoms with E-state index in [-0.39, 0.29) is 0 Å². The SMILES string of the molecule is N#Cc1ccc(C2CCc3cncn32)cc1Cl. The standard InChI is InChI=1S/C13H10ClN3/c14-12-5-9(1-2-10(12)6-15)13-4-3-11-7-16-8-17(11)13/h1-2,5,7-8,13H,3-4H2. The van der Waals surface area contributed by atoms with E-state index in [4.69, 9.17) is 16.9 Å². The van der Waals surface area contributed by atoms with Crippen molar-refractivity contribution in [3.8, 4) is 6.07 Å². The van der Waals surface area contributed by atoms with Gasteiger partial charge in [-0.05, 0) is 30.5 Å². The highest BCUT2D eigenvalue weighted by Gasteiger charge is 2.23. The Morgan fingerprint density at radius 2 is 2.35 bits per heavy atom. The first-order valence-electron chi connectivity index (χ1n) is 5.50. The van der Waals surface area contributed by atoms with Crippen molar-refractivity contribution in [2.75, 3.05) is 0 Å². The number of hydrogen-bond donors (Lipinski definition) is 0. The van der Waals surface area contributed by atoms with Crippen LogP contribution in [-0.2, 0) is 6.42 Å². The van der Waals surface area contributed by atoms with Crippen LogP contribution in [0.3, 0.4) is 0 Å². The highest BCUT2D eigenvalue weighted by Crippen LogP contribution is 2.33. The summed E-state index contributed by atoms with van der Waals surface area (Å²) in [6.45, 7) is 0. The molecule has 1 atom stereocenters. The molecule has 1 aliphatic rings. The minimum atomic E-state index is 0.303. The fourth-order valence-electron chi connectivity index (χ4n) is 2.39. The van der Waals surface area contributed by atoms with Crippen LogP contribution in [0.5, 0.6) is 0 Å². The topological polar surface area (TPSA) is 41.6 Å². The van der Waals surface area contributed by atoms with Crippen LogP contribution in [0.25, 0.3) is 0 Å². The van der Waals surface area contributed by atoms with E-state index >= 15 is 0 Å². The highest BCUT2D eigenvalue weighted by molar-refractivity contribution is 6.31. The largest absolute Gasteiger partial charge is 0.327 e. The van der Waals surface area contributed by atoms with Crippen molar-refractivity contribution < 1.29 is 0 Å². The third-order valence-corrected chi connectivity index (χ3v) is 3.57. The molecule has 84 valence electrons. The molecule has 4 heteroatoms. The lowest BCUT2D eigenvalue weighted by Gasteiger charge is -2.13. The Kier molecular flexibility index (Phi) is 2.38. The Morgan fingerprint density at radius 1 is 1.47 bits per heavy atom. The van der Waals surface area contributed by atoms with Gasteiger partial charge in [0.05, 0.1) is 23.0 Å². The summed E-state index contributed by atoms with van der Waals surface area (Å²) in [6.07, 6.45) is 5.88. The van der Waals surface area contributed by atoms with E-state index in [0.717, 1.165) is 18.4 Å². The zero-order chi connectivity index (χ0) is 11.8. The van der Waals surface area contributed by atoms with Crippen LogP contribution >= 0.6 is 11.6 Å². The molecule has 0 spiro atoms. The van der Waals surface area contributed by atoms with Gasteiger partial charge in [-0.25, -0.2) is 4.98 Å². The predicted octanol–water partition coefficient (Wildman–Crippen LogP) is 2.94. The molecule has 3 rings (SSSR count). The van der Waals surface area contributed by atoms with Crippen molar-refractivity contribution in [3.63, 3.8) is 0 Å². The number of halogens is 1. The summed E-state index contributed by atoms with van der Waals surface area (Å²) in [7, 11) is 0. The molecule has 0 fully saturated rings. The van der Waals surface area contributed by atoms with Crippen LogP contribution in [-0.4, -0.2) is 9.55 Å². The second-order valence-corrected chi connectivity index (χ2v) is 4.61. The smallest absolute Gasteiger partial charge is 0.101 e. The molecule has 0 aliphatic carbocycles. The number of nitriles is 1. The molecule has 0 bridgehead atoms. The monoisotopic (exact) mass is 243 g/mol. The highest BCUT2D eigenvalue weighted by atomic mass is 35.5. The van der Waals surface area contributed by atoms with Gasteiger partial charge >= 0.3 is 0 Å². The van der Waals surface area contributed by atoms with E-state index in [2.05, 4.69) is 15.6 Å². The lowest BCUT2D eigenvalue weighted by molar-refractivity contribution is 0.616. The van der Waals surface area contributed by atoms with E-state index < -0.39 is 0 Å². The number of aromatic nitrogens is 2. The van der Waals surface area contributed by atoms with Gasteiger partial charge in [0.1, 0.15) is 6.07 Å². The molecule has 2 aromatic rings. The Morgan fingerprint density at radius 3 is 3.12 bits per heavy atom. The van der Waals surface area contributed by atoms with Gasteiger partial charge in [-0.15, -0.1) is 0 Å². The molecule has 1 aliphatic heterocycles. The number of rotatable bonds is 1. The molecule has 0 amide bonds. The van der Waals surface area contributed by atoms with E-state index in [9.17, 15) is 0 Å². The number of fused-ring (bicyclic) bond motifs is 1. The fourth-order valence-corrected chi connectivity index (χ4v) is 2.62. The maximum absolute atomic E-state index is 8.85. The Balaban J connectivity index is 2.02. The number of hydrogen-bond acceptors (Lipinski definition) is 2. The molecule has 0 radical (unpaired) electrons. The van der Waals surface area contributed by atoms with Gasteiger partial charge < -0.3 is 4.57 Å². The Labute approximate surface area is 104 Å². The third kappa shape index (κ3) is 1.62. The van der Waals surface area contributed by atoms with Gasteiger partial charge in [0.2, 0.25) is 0 Å². The van der Waals surface area contributed by atoms with Crippen molar-refractivity contribution in [2.45, 2.75) is 18.9 Å². The molecule has 1 aromatic carbocycles. The molecule has 0 N–H and O–H groups in total. The zero-order valence-electron chi connectivity index (χ0n) is 9.10. The van der Waals surface area contributed by atoms with Crippen molar-refractivity contribution in [1.82, 2.24) is 9.55 Å². The molecular formula is C13H10ClN3. The first-order chi connectivity index (χ1) is 8.29. The third-order valence-electron chi connectivity index (χ3n) is 3.25. The number of benzene rings is 1. The summed E-state index contributed by atoms with van der Waals surface area (Å²) >= 11 is 6.06. The predicted molar refractivity (Wildman–Crippen MR) is 64.9 cm³/mol. The molecule has 0 saturated carbocycles. The molecule has 0 saturated heterocycles. The van der Waals surface area contributed by atoms with Gasteiger partial charge in [-0.2, -0.15) is 5.26 Å². The van der Waals surface area contributed by atoms with Gasteiger partial charge in [0.25, 0.3) is 0 Å². The van der Waals surface area contributed by atoms with Gasteiger partial charge in [0, 0.05) is 11.9 Å². The maximum Gasteiger partial charge on any atom is 0.101 e. The number of imidazole rings is 1. The lowest BCUT2D eigenvalue weighted by Crippen LogP contribution is -2.04. The van der Waals surface area contributed by atoms with E-state index in [1.54, 1.807) is 6.07 Å². The van der Waals surface area contributed by atoms with Crippen molar-refractivity contribution in [2.24, 2.45) is 0 Å². The first kappa shape index (κ1) is 10.4. The summed E-state index contributed by atoms with van der Waals surface area (Å²) < 4.78 is 2.18. The van der Waals surface area contributed by atoms with Crippen LogP contribution < -0.4 is 0 Å². The minimum absolute atomic E-state index is 0.303. The molecular weight excluding hydrogens is 234 g/mol. The van der Waals surface area contributed by atoms with Crippen molar-refractivity contribution in [3.05, 3.63) is 52.6 Å². The summed E-state index contributed by atoms with van der Waals surface area (Å²) in [4.78, 5) is 4.15. The maximum atomic E-state index is 8.85. The van der Waals surface area contributed by atoms with Crippen LogP contribution in [0.2, 0.25) is 5.02 Å². The minimum Gasteiger partial charge on any atom is -0.327 e.